The Bertz CT molecular complexity index is 929. The number of amides is 1. The van der Waals surface area contributed by atoms with Crippen molar-refractivity contribution in [1.82, 2.24) is 9.62 Å². The number of nitriles is 1. The molecule has 0 saturated carbocycles. The van der Waals surface area contributed by atoms with Crippen LogP contribution in [0.5, 0.6) is 0 Å². The molecule has 2 aromatic carbocycles. The van der Waals surface area contributed by atoms with E-state index >= 15 is 0 Å². The van der Waals surface area contributed by atoms with Gasteiger partial charge in [0, 0.05) is 25.3 Å². The highest BCUT2D eigenvalue weighted by atomic mass is 32.2. The summed E-state index contributed by atoms with van der Waals surface area (Å²) in [6.45, 7) is 4.85. The van der Waals surface area contributed by atoms with E-state index in [1.165, 1.54) is 4.31 Å². The molecule has 0 heterocycles. The smallest absolute Gasteiger partial charge is 0.243 e. The maximum atomic E-state index is 12.5. The number of anilines is 1. The van der Waals surface area contributed by atoms with E-state index in [4.69, 9.17) is 5.26 Å². The first kappa shape index (κ1) is 21.4. The van der Waals surface area contributed by atoms with Crippen molar-refractivity contribution < 1.29 is 13.2 Å². The summed E-state index contributed by atoms with van der Waals surface area (Å²) in [5.74, 6) is -0.191. The number of carbonyl (C=O) groups is 1. The third-order valence-electron chi connectivity index (χ3n) is 4.22. The Morgan fingerprint density at radius 3 is 2.18 bits per heavy atom. The van der Waals surface area contributed by atoms with Gasteiger partial charge in [-0.1, -0.05) is 26.0 Å². The summed E-state index contributed by atoms with van der Waals surface area (Å²) in [6.07, 6.45) is 0. The van der Waals surface area contributed by atoms with Gasteiger partial charge in [-0.15, -0.1) is 0 Å². The minimum Gasteiger partial charge on any atom is -0.376 e. The molecule has 1 amide bonds. The quantitative estimate of drug-likeness (QED) is 0.672. The SMILES string of the molecule is CCN(CC)S(=O)(=O)c1ccc(CNC(=O)CNc2ccc(C#N)cc2)cc1. The van der Waals surface area contributed by atoms with Crippen molar-refractivity contribution in [2.75, 3.05) is 25.0 Å². The summed E-state index contributed by atoms with van der Waals surface area (Å²) in [4.78, 5) is 12.2. The van der Waals surface area contributed by atoms with E-state index in [1.807, 2.05) is 6.07 Å². The van der Waals surface area contributed by atoms with E-state index in [0.29, 0.717) is 25.2 Å². The van der Waals surface area contributed by atoms with E-state index in [1.54, 1.807) is 62.4 Å². The van der Waals surface area contributed by atoms with E-state index in [-0.39, 0.29) is 17.3 Å². The fourth-order valence-corrected chi connectivity index (χ4v) is 4.06. The number of nitrogens with one attached hydrogen (secondary N) is 2. The van der Waals surface area contributed by atoms with Crippen LogP contribution in [0.15, 0.2) is 53.4 Å². The fraction of sp³-hybridized carbons (Fsp3) is 0.300. The summed E-state index contributed by atoms with van der Waals surface area (Å²) < 4.78 is 26.3. The van der Waals surface area contributed by atoms with E-state index in [2.05, 4.69) is 10.6 Å². The van der Waals surface area contributed by atoms with Crippen molar-refractivity contribution in [3.05, 3.63) is 59.7 Å². The molecule has 0 aliphatic heterocycles. The molecule has 0 bridgehead atoms. The number of hydrogen-bond acceptors (Lipinski definition) is 5. The second-order valence-electron chi connectivity index (χ2n) is 6.05. The zero-order chi connectivity index (χ0) is 20.6. The Morgan fingerprint density at radius 2 is 1.64 bits per heavy atom. The molecule has 0 atom stereocenters. The van der Waals surface area contributed by atoms with Crippen LogP contribution in [0.25, 0.3) is 0 Å². The summed E-state index contributed by atoms with van der Waals surface area (Å²) >= 11 is 0. The average Bonchev–Trinajstić information content (AvgIpc) is 2.72. The van der Waals surface area contributed by atoms with Gasteiger partial charge in [0.2, 0.25) is 15.9 Å². The Kier molecular flexibility index (Phi) is 7.55. The standard InChI is InChI=1S/C20H24N4O3S/c1-3-24(4-2)28(26,27)19-11-7-17(8-12-19)14-23-20(25)15-22-18-9-5-16(13-21)6-10-18/h5-12,22H,3-4,14-15H2,1-2H3,(H,23,25). The second kappa shape index (κ2) is 9.88. The van der Waals surface area contributed by atoms with Gasteiger partial charge in [0.25, 0.3) is 0 Å². The molecule has 0 aromatic heterocycles. The Hall–Kier alpha value is -2.89. The molecular weight excluding hydrogens is 376 g/mol. The highest BCUT2D eigenvalue weighted by molar-refractivity contribution is 7.89. The molecule has 0 aliphatic rings. The third kappa shape index (κ3) is 5.55. The summed E-state index contributed by atoms with van der Waals surface area (Å²) in [5, 5.41) is 14.5. The minimum atomic E-state index is -3.48. The zero-order valence-corrected chi connectivity index (χ0v) is 16.8. The lowest BCUT2D eigenvalue weighted by atomic mass is 10.2. The van der Waals surface area contributed by atoms with Crippen LogP contribution < -0.4 is 10.6 Å². The molecule has 0 spiro atoms. The molecule has 28 heavy (non-hydrogen) atoms. The molecule has 148 valence electrons. The van der Waals surface area contributed by atoms with Gasteiger partial charge in [-0.3, -0.25) is 4.79 Å². The first-order chi connectivity index (χ1) is 13.4. The van der Waals surface area contributed by atoms with Gasteiger partial charge >= 0.3 is 0 Å². The van der Waals surface area contributed by atoms with Crippen LogP contribution in [0.2, 0.25) is 0 Å². The van der Waals surface area contributed by atoms with Gasteiger partial charge in [-0.05, 0) is 42.0 Å². The second-order valence-corrected chi connectivity index (χ2v) is 7.99. The van der Waals surface area contributed by atoms with Gasteiger partial charge in [0.1, 0.15) is 0 Å². The number of hydrogen-bond donors (Lipinski definition) is 2. The molecule has 0 saturated heterocycles. The lowest BCUT2D eigenvalue weighted by Gasteiger charge is -2.18. The van der Waals surface area contributed by atoms with Crippen LogP contribution in [-0.2, 0) is 21.4 Å². The molecule has 0 aliphatic carbocycles. The Balaban J connectivity index is 1.87. The van der Waals surface area contributed by atoms with Crippen LogP contribution in [0.4, 0.5) is 5.69 Å². The van der Waals surface area contributed by atoms with Crippen LogP contribution in [0.3, 0.4) is 0 Å². The van der Waals surface area contributed by atoms with E-state index in [9.17, 15) is 13.2 Å². The molecule has 0 fully saturated rings. The van der Waals surface area contributed by atoms with E-state index < -0.39 is 10.0 Å². The highest BCUT2D eigenvalue weighted by Gasteiger charge is 2.21. The molecular formula is C20H24N4O3S. The predicted molar refractivity (Wildman–Crippen MR) is 108 cm³/mol. The number of nitrogens with zero attached hydrogens (tertiary/aromatic N) is 2. The topological polar surface area (TPSA) is 102 Å². The van der Waals surface area contributed by atoms with Gasteiger partial charge in [-0.2, -0.15) is 9.57 Å². The average molecular weight is 401 g/mol. The number of rotatable bonds is 9. The van der Waals surface area contributed by atoms with Crippen molar-refractivity contribution in [3.8, 4) is 6.07 Å². The van der Waals surface area contributed by atoms with E-state index in [0.717, 1.165) is 11.3 Å². The van der Waals surface area contributed by atoms with Crippen LogP contribution in [0, 0.1) is 11.3 Å². The molecule has 2 N–H and O–H groups in total. The normalized spacial score (nSPS) is 11.1. The van der Waals surface area contributed by atoms with Crippen LogP contribution >= 0.6 is 0 Å². The summed E-state index contributed by atoms with van der Waals surface area (Å²) in [6, 6.07) is 15.4. The zero-order valence-electron chi connectivity index (χ0n) is 16.0. The monoisotopic (exact) mass is 400 g/mol. The predicted octanol–water partition coefficient (Wildman–Crippen LogP) is 2.32. The molecule has 0 unspecified atom stereocenters. The Labute approximate surface area is 166 Å². The van der Waals surface area contributed by atoms with Crippen molar-refractivity contribution in [2.45, 2.75) is 25.3 Å². The van der Waals surface area contributed by atoms with Crippen molar-refractivity contribution in [2.24, 2.45) is 0 Å². The molecule has 2 aromatic rings. The maximum absolute atomic E-state index is 12.5. The van der Waals surface area contributed by atoms with Gasteiger partial charge in [0.15, 0.2) is 0 Å². The lowest BCUT2D eigenvalue weighted by molar-refractivity contribution is -0.119. The maximum Gasteiger partial charge on any atom is 0.243 e. The summed E-state index contributed by atoms with van der Waals surface area (Å²) in [5.41, 5.74) is 2.12. The lowest BCUT2D eigenvalue weighted by Crippen LogP contribution is -2.31. The number of carbonyl (C=O) groups excluding carboxylic acids is 1. The minimum absolute atomic E-state index is 0.0975. The highest BCUT2D eigenvalue weighted by Crippen LogP contribution is 2.16. The number of benzene rings is 2. The molecule has 8 heteroatoms. The van der Waals surface area contributed by atoms with Crippen LogP contribution in [0.1, 0.15) is 25.0 Å². The Morgan fingerprint density at radius 1 is 1.04 bits per heavy atom. The van der Waals surface area contributed by atoms with Crippen molar-refractivity contribution in [3.63, 3.8) is 0 Å². The first-order valence-corrected chi connectivity index (χ1v) is 10.4. The molecule has 7 nitrogen and oxygen atoms in total. The van der Waals surface area contributed by atoms with Gasteiger partial charge < -0.3 is 10.6 Å². The van der Waals surface area contributed by atoms with Crippen molar-refractivity contribution >= 4 is 21.6 Å². The summed E-state index contributed by atoms with van der Waals surface area (Å²) in [7, 11) is -3.48. The van der Waals surface area contributed by atoms with Gasteiger partial charge in [0.05, 0.1) is 23.1 Å². The van der Waals surface area contributed by atoms with Gasteiger partial charge in [-0.25, -0.2) is 8.42 Å². The first-order valence-electron chi connectivity index (χ1n) is 9.00. The third-order valence-corrected chi connectivity index (χ3v) is 6.29. The van der Waals surface area contributed by atoms with Crippen LogP contribution in [-0.4, -0.2) is 38.3 Å². The van der Waals surface area contributed by atoms with Crippen molar-refractivity contribution in [1.29, 1.82) is 5.26 Å². The molecule has 2 rings (SSSR count). The largest absolute Gasteiger partial charge is 0.376 e. The molecule has 0 radical (unpaired) electrons. The fourth-order valence-electron chi connectivity index (χ4n) is 2.60. The number of sulfonamides is 1.